The van der Waals surface area contributed by atoms with Crippen LogP contribution in [0.2, 0.25) is 0 Å². The Hall–Kier alpha value is -2.26. The zero-order chi connectivity index (χ0) is 12.7. The van der Waals surface area contributed by atoms with E-state index in [-0.39, 0.29) is 0 Å². The number of benzene rings is 2. The standard InChI is InChI=1S/C16H10N2S/c1-2-4-11(5-3-1)15-8-12-6-7-14-13(16(12)19-15)9-17-10-18-14/h1-10H. The molecule has 19 heavy (non-hydrogen) atoms. The van der Waals surface area contributed by atoms with Crippen molar-refractivity contribution in [2.24, 2.45) is 0 Å². The quantitative estimate of drug-likeness (QED) is 0.504. The highest BCUT2D eigenvalue weighted by Crippen LogP contribution is 2.36. The van der Waals surface area contributed by atoms with E-state index < -0.39 is 0 Å². The summed E-state index contributed by atoms with van der Waals surface area (Å²) in [5, 5.41) is 2.39. The van der Waals surface area contributed by atoms with Crippen LogP contribution in [-0.2, 0) is 0 Å². The first-order valence-corrected chi connectivity index (χ1v) is 6.91. The number of hydrogen-bond acceptors (Lipinski definition) is 3. The van der Waals surface area contributed by atoms with Crippen LogP contribution in [0.15, 0.2) is 61.1 Å². The third-order valence-electron chi connectivity index (χ3n) is 3.23. The molecule has 2 heterocycles. The summed E-state index contributed by atoms with van der Waals surface area (Å²) in [6, 6.07) is 16.9. The van der Waals surface area contributed by atoms with Gasteiger partial charge in [-0.05, 0) is 23.1 Å². The first kappa shape index (κ1) is 10.6. The van der Waals surface area contributed by atoms with E-state index in [0.29, 0.717) is 0 Å². The van der Waals surface area contributed by atoms with Crippen molar-refractivity contribution < 1.29 is 0 Å². The van der Waals surface area contributed by atoms with Crippen LogP contribution in [0.25, 0.3) is 31.4 Å². The fourth-order valence-electron chi connectivity index (χ4n) is 2.30. The van der Waals surface area contributed by atoms with Crippen molar-refractivity contribution in [2.75, 3.05) is 0 Å². The maximum absolute atomic E-state index is 4.31. The lowest BCUT2D eigenvalue weighted by Gasteiger charge is -1.96. The third kappa shape index (κ3) is 1.71. The SMILES string of the molecule is c1ccc(-c2cc3ccc4ncncc4c3s2)cc1. The highest BCUT2D eigenvalue weighted by molar-refractivity contribution is 7.23. The van der Waals surface area contributed by atoms with Crippen LogP contribution < -0.4 is 0 Å². The largest absolute Gasteiger partial charge is 0.244 e. The zero-order valence-electron chi connectivity index (χ0n) is 10.1. The molecule has 0 saturated heterocycles. The van der Waals surface area contributed by atoms with E-state index in [0.717, 1.165) is 10.9 Å². The summed E-state index contributed by atoms with van der Waals surface area (Å²) in [5.41, 5.74) is 2.26. The summed E-state index contributed by atoms with van der Waals surface area (Å²) >= 11 is 1.80. The Bertz CT molecular complexity index is 866. The fraction of sp³-hybridized carbons (Fsp3) is 0. The summed E-state index contributed by atoms with van der Waals surface area (Å²) in [4.78, 5) is 9.73. The highest BCUT2D eigenvalue weighted by Gasteiger charge is 2.07. The molecule has 4 rings (SSSR count). The van der Waals surface area contributed by atoms with Crippen LogP contribution in [0.1, 0.15) is 0 Å². The molecule has 0 aliphatic heterocycles. The number of nitrogens with zero attached hydrogens (tertiary/aromatic N) is 2. The zero-order valence-corrected chi connectivity index (χ0v) is 10.9. The molecule has 90 valence electrons. The number of fused-ring (bicyclic) bond motifs is 3. The minimum atomic E-state index is 1.00. The van der Waals surface area contributed by atoms with Crippen LogP contribution >= 0.6 is 11.3 Å². The summed E-state index contributed by atoms with van der Waals surface area (Å²) in [6.07, 6.45) is 3.50. The van der Waals surface area contributed by atoms with Gasteiger partial charge in [-0.25, -0.2) is 9.97 Å². The average Bonchev–Trinajstić information content (AvgIpc) is 2.93. The molecular formula is C16H10N2S. The molecule has 2 aromatic carbocycles. The van der Waals surface area contributed by atoms with E-state index in [1.807, 2.05) is 12.3 Å². The van der Waals surface area contributed by atoms with Crippen molar-refractivity contribution in [1.29, 1.82) is 0 Å². The van der Waals surface area contributed by atoms with Gasteiger partial charge in [0.25, 0.3) is 0 Å². The maximum atomic E-state index is 4.31. The van der Waals surface area contributed by atoms with Crippen molar-refractivity contribution >= 4 is 32.3 Å². The lowest BCUT2D eigenvalue weighted by molar-refractivity contribution is 1.23. The number of hydrogen-bond donors (Lipinski definition) is 0. The van der Waals surface area contributed by atoms with E-state index in [4.69, 9.17) is 0 Å². The number of aromatic nitrogens is 2. The molecule has 2 aromatic heterocycles. The van der Waals surface area contributed by atoms with Gasteiger partial charge in [-0.2, -0.15) is 0 Å². The van der Waals surface area contributed by atoms with E-state index in [9.17, 15) is 0 Å². The van der Waals surface area contributed by atoms with Crippen molar-refractivity contribution in [1.82, 2.24) is 9.97 Å². The molecule has 0 atom stereocenters. The van der Waals surface area contributed by atoms with Gasteiger partial charge < -0.3 is 0 Å². The molecule has 0 unspecified atom stereocenters. The minimum absolute atomic E-state index is 1.00. The Morgan fingerprint density at radius 3 is 2.74 bits per heavy atom. The second-order valence-corrected chi connectivity index (χ2v) is 5.47. The molecule has 4 aromatic rings. The topological polar surface area (TPSA) is 25.8 Å². The van der Waals surface area contributed by atoms with Gasteiger partial charge in [-0.3, -0.25) is 0 Å². The van der Waals surface area contributed by atoms with Gasteiger partial charge >= 0.3 is 0 Å². The molecule has 0 radical (unpaired) electrons. The second-order valence-electron chi connectivity index (χ2n) is 4.42. The fourth-order valence-corrected chi connectivity index (χ4v) is 3.47. The smallest absolute Gasteiger partial charge is 0.116 e. The lowest BCUT2D eigenvalue weighted by atomic mass is 10.1. The molecule has 0 fully saturated rings. The summed E-state index contributed by atoms with van der Waals surface area (Å²) in [7, 11) is 0. The molecule has 2 nitrogen and oxygen atoms in total. The first-order chi connectivity index (χ1) is 9.42. The van der Waals surface area contributed by atoms with Gasteiger partial charge in [0.2, 0.25) is 0 Å². The van der Waals surface area contributed by atoms with Gasteiger partial charge in [0.1, 0.15) is 6.33 Å². The normalized spacial score (nSPS) is 11.2. The number of rotatable bonds is 1. The molecular weight excluding hydrogens is 252 g/mol. The Labute approximate surface area is 114 Å². The van der Waals surface area contributed by atoms with E-state index >= 15 is 0 Å². The number of thiophene rings is 1. The van der Waals surface area contributed by atoms with Gasteiger partial charge in [-0.15, -0.1) is 11.3 Å². The summed E-state index contributed by atoms with van der Waals surface area (Å²) < 4.78 is 1.26. The van der Waals surface area contributed by atoms with Crippen molar-refractivity contribution in [3.8, 4) is 10.4 Å². The molecule has 0 amide bonds. The van der Waals surface area contributed by atoms with Crippen LogP contribution in [0.3, 0.4) is 0 Å². The van der Waals surface area contributed by atoms with Crippen molar-refractivity contribution in [3.63, 3.8) is 0 Å². The van der Waals surface area contributed by atoms with E-state index in [1.165, 1.54) is 20.5 Å². The maximum Gasteiger partial charge on any atom is 0.116 e. The minimum Gasteiger partial charge on any atom is -0.244 e. The highest BCUT2D eigenvalue weighted by atomic mass is 32.1. The predicted molar refractivity (Wildman–Crippen MR) is 80.4 cm³/mol. The van der Waals surface area contributed by atoms with Crippen molar-refractivity contribution in [3.05, 3.63) is 61.1 Å². The Morgan fingerprint density at radius 2 is 1.84 bits per heavy atom. The summed E-state index contributed by atoms with van der Waals surface area (Å²) in [6.45, 7) is 0. The monoisotopic (exact) mass is 262 g/mol. The van der Waals surface area contributed by atoms with E-state index in [1.54, 1.807) is 17.7 Å². The Morgan fingerprint density at radius 1 is 0.947 bits per heavy atom. The molecule has 0 N–H and O–H groups in total. The first-order valence-electron chi connectivity index (χ1n) is 6.09. The predicted octanol–water partition coefficient (Wildman–Crippen LogP) is 4.51. The van der Waals surface area contributed by atoms with Gasteiger partial charge in [-0.1, -0.05) is 36.4 Å². The van der Waals surface area contributed by atoms with Crippen LogP contribution in [0.5, 0.6) is 0 Å². The lowest BCUT2D eigenvalue weighted by Crippen LogP contribution is -1.79. The molecule has 0 bridgehead atoms. The third-order valence-corrected chi connectivity index (χ3v) is 4.46. The Kier molecular flexibility index (Phi) is 2.32. The molecule has 0 aliphatic carbocycles. The Balaban J connectivity index is 2.04. The van der Waals surface area contributed by atoms with Gasteiger partial charge in [0.05, 0.1) is 5.52 Å². The summed E-state index contributed by atoms with van der Waals surface area (Å²) in [5.74, 6) is 0. The molecule has 0 aliphatic rings. The van der Waals surface area contributed by atoms with Gasteiger partial charge in [0.15, 0.2) is 0 Å². The van der Waals surface area contributed by atoms with Crippen LogP contribution in [0.4, 0.5) is 0 Å². The van der Waals surface area contributed by atoms with Crippen molar-refractivity contribution in [2.45, 2.75) is 0 Å². The van der Waals surface area contributed by atoms with Gasteiger partial charge in [0, 0.05) is 21.2 Å². The van der Waals surface area contributed by atoms with E-state index in [2.05, 4.69) is 52.4 Å². The second kappa shape index (κ2) is 4.14. The average molecular weight is 262 g/mol. The molecule has 3 heteroatoms. The molecule has 0 saturated carbocycles. The van der Waals surface area contributed by atoms with Crippen LogP contribution in [-0.4, -0.2) is 9.97 Å². The molecule has 0 spiro atoms. The van der Waals surface area contributed by atoms with Crippen LogP contribution in [0, 0.1) is 0 Å².